The number of carbonyl (C=O) groups excluding carboxylic acids is 1. The first kappa shape index (κ1) is 13.8. The number of hydrogen-bond acceptors (Lipinski definition) is 3. The molecule has 0 bridgehead atoms. The summed E-state index contributed by atoms with van der Waals surface area (Å²) < 4.78 is 0. The number of hydrazone groups is 1. The summed E-state index contributed by atoms with van der Waals surface area (Å²) in [4.78, 5) is 12.0. The van der Waals surface area contributed by atoms with E-state index in [2.05, 4.69) is 15.8 Å². The van der Waals surface area contributed by atoms with Gasteiger partial charge < -0.3 is 5.32 Å². The highest BCUT2D eigenvalue weighted by Crippen LogP contribution is 2.13. The molecule has 0 aromatic heterocycles. The number of para-hydroxylation sites is 1. The zero-order valence-corrected chi connectivity index (χ0v) is 11.3. The van der Waals surface area contributed by atoms with Crippen LogP contribution in [-0.2, 0) is 6.42 Å². The van der Waals surface area contributed by atoms with E-state index in [4.69, 9.17) is 0 Å². The van der Waals surface area contributed by atoms with Crippen molar-refractivity contribution < 1.29 is 4.79 Å². The summed E-state index contributed by atoms with van der Waals surface area (Å²) in [5.74, 6) is -0.223. The molecule has 2 aromatic rings. The molecular weight excluding hydrogens is 250 g/mol. The largest absolute Gasteiger partial charge is 0.387 e. The highest BCUT2D eigenvalue weighted by Gasteiger charge is 2.08. The number of benzene rings is 2. The topological polar surface area (TPSA) is 53.5 Å². The van der Waals surface area contributed by atoms with Crippen molar-refractivity contribution in [2.75, 3.05) is 12.4 Å². The van der Waals surface area contributed by atoms with Gasteiger partial charge >= 0.3 is 0 Å². The number of hydrogen-bond donors (Lipinski definition) is 2. The summed E-state index contributed by atoms with van der Waals surface area (Å²) in [5.41, 5.74) is 5.04. The summed E-state index contributed by atoms with van der Waals surface area (Å²) in [6.07, 6.45) is 2.38. The molecule has 0 heterocycles. The Morgan fingerprint density at radius 3 is 2.55 bits per heavy atom. The average molecular weight is 267 g/mol. The summed E-state index contributed by atoms with van der Waals surface area (Å²) in [6, 6.07) is 17.3. The molecule has 0 fully saturated rings. The maximum Gasteiger partial charge on any atom is 0.273 e. The van der Waals surface area contributed by atoms with E-state index in [-0.39, 0.29) is 5.91 Å². The van der Waals surface area contributed by atoms with Crippen molar-refractivity contribution in [1.29, 1.82) is 0 Å². The smallest absolute Gasteiger partial charge is 0.273 e. The van der Waals surface area contributed by atoms with Gasteiger partial charge in [-0.05, 0) is 17.7 Å². The maximum atomic E-state index is 12.0. The molecule has 0 saturated carbocycles. The Morgan fingerprint density at radius 1 is 1.10 bits per heavy atom. The Bertz CT molecular complexity index is 594. The third kappa shape index (κ3) is 3.68. The van der Waals surface area contributed by atoms with Crippen molar-refractivity contribution in [3.63, 3.8) is 0 Å². The van der Waals surface area contributed by atoms with E-state index in [1.165, 1.54) is 0 Å². The molecule has 1 amide bonds. The van der Waals surface area contributed by atoms with Crippen molar-refractivity contribution in [1.82, 2.24) is 5.43 Å². The molecular formula is C16H17N3O. The first-order valence-corrected chi connectivity index (χ1v) is 6.44. The molecule has 0 saturated heterocycles. The molecule has 102 valence electrons. The summed E-state index contributed by atoms with van der Waals surface area (Å²) in [7, 11) is 1.78. The minimum atomic E-state index is -0.223. The Balaban J connectivity index is 1.92. The van der Waals surface area contributed by atoms with Crippen LogP contribution in [0.15, 0.2) is 59.7 Å². The minimum absolute atomic E-state index is 0.223. The molecule has 4 nitrogen and oxygen atoms in total. The number of amides is 1. The fraction of sp³-hybridized carbons (Fsp3) is 0.125. The van der Waals surface area contributed by atoms with Gasteiger partial charge in [0.15, 0.2) is 0 Å². The Kier molecular flexibility index (Phi) is 4.89. The quantitative estimate of drug-likeness (QED) is 0.646. The van der Waals surface area contributed by atoms with Crippen LogP contribution in [0.4, 0.5) is 5.69 Å². The number of anilines is 1. The number of nitrogens with one attached hydrogen (secondary N) is 2. The van der Waals surface area contributed by atoms with Crippen LogP contribution in [-0.4, -0.2) is 19.2 Å². The molecule has 0 aliphatic carbocycles. The molecule has 0 radical (unpaired) electrons. The standard InChI is InChI=1S/C16H17N3O/c1-17-15-10-6-5-9-14(15)16(20)19-18-12-11-13-7-3-2-4-8-13/h2-10,12,17H,11H2,1H3,(H,19,20). The van der Waals surface area contributed by atoms with Crippen LogP contribution in [0.2, 0.25) is 0 Å². The SMILES string of the molecule is CNc1ccccc1C(=O)NN=CCc1ccccc1. The lowest BCUT2D eigenvalue weighted by molar-refractivity contribution is 0.0956. The molecule has 4 heteroatoms. The molecule has 20 heavy (non-hydrogen) atoms. The van der Waals surface area contributed by atoms with E-state index in [1.807, 2.05) is 48.5 Å². The molecule has 0 unspecified atom stereocenters. The molecule has 2 N–H and O–H groups in total. The lowest BCUT2D eigenvalue weighted by Crippen LogP contribution is -2.19. The van der Waals surface area contributed by atoms with E-state index in [0.29, 0.717) is 12.0 Å². The Hall–Kier alpha value is -2.62. The van der Waals surface area contributed by atoms with Gasteiger partial charge in [-0.2, -0.15) is 5.10 Å². The third-order valence-corrected chi connectivity index (χ3v) is 2.87. The van der Waals surface area contributed by atoms with Gasteiger partial charge in [0.05, 0.1) is 5.56 Å². The fourth-order valence-corrected chi connectivity index (χ4v) is 1.83. The second-order valence-electron chi connectivity index (χ2n) is 4.24. The van der Waals surface area contributed by atoms with Crippen LogP contribution in [0.1, 0.15) is 15.9 Å². The van der Waals surface area contributed by atoms with E-state index < -0.39 is 0 Å². The highest BCUT2D eigenvalue weighted by molar-refractivity contribution is 5.99. The number of carbonyl (C=O) groups is 1. The third-order valence-electron chi connectivity index (χ3n) is 2.87. The van der Waals surface area contributed by atoms with Crippen LogP contribution in [0.5, 0.6) is 0 Å². The number of nitrogens with zero attached hydrogens (tertiary/aromatic N) is 1. The van der Waals surface area contributed by atoms with Crippen LogP contribution in [0.25, 0.3) is 0 Å². The minimum Gasteiger partial charge on any atom is -0.387 e. The van der Waals surface area contributed by atoms with Gasteiger partial charge in [-0.3, -0.25) is 4.79 Å². The summed E-state index contributed by atoms with van der Waals surface area (Å²) >= 11 is 0. The maximum absolute atomic E-state index is 12.0. The van der Waals surface area contributed by atoms with Crippen LogP contribution in [0, 0.1) is 0 Å². The molecule has 2 rings (SSSR count). The van der Waals surface area contributed by atoms with Crippen molar-refractivity contribution in [3.05, 3.63) is 65.7 Å². The van der Waals surface area contributed by atoms with E-state index >= 15 is 0 Å². The highest BCUT2D eigenvalue weighted by atomic mass is 16.2. The van der Waals surface area contributed by atoms with E-state index in [0.717, 1.165) is 11.3 Å². The van der Waals surface area contributed by atoms with Gasteiger partial charge in [-0.25, -0.2) is 5.43 Å². The van der Waals surface area contributed by atoms with Crippen LogP contribution < -0.4 is 10.7 Å². The van der Waals surface area contributed by atoms with Crippen LogP contribution in [0.3, 0.4) is 0 Å². The molecule has 0 aliphatic rings. The van der Waals surface area contributed by atoms with Gasteiger partial charge in [0, 0.05) is 25.4 Å². The van der Waals surface area contributed by atoms with Crippen LogP contribution >= 0.6 is 0 Å². The lowest BCUT2D eigenvalue weighted by atomic mass is 10.1. The lowest BCUT2D eigenvalue weighted by Gasteiger charge is -2.06. The van der Waals surface area contributed by atoms with Gasteiger partial charge in [0.2, 0.25) is 0 Å². The predicted molar refractivity (Wildman–Crippen MR) is 82.1 cm³/mol. The predicted octanol–water partition coefficient (Wildman–Crippen LogP) is 2.69. The summed E-state index contributed by atoms with van der Waals surface area (Å²) in [6.45, 7) is 0. The van der Waals surface area contributed by atoms with Crippen molar-refractivity contribution in [2.45, 2.75) is 6.42 Å². The van der Waals surface area contributed by atoms with E-state index in [1.54, 1.807) is 19.3 Å². The normalized spacial score (nSPS) is 10.4. The second kappa shape index (κ2) is 7.09. The van der Waals surface area contributed by atoms with Crippen molar-refractivity contribution in [2.24, 2.45) is 5.10 Å². The monoisotopic (exact) mass is 267 g/mol. The first-order chi connectivity index (χ1) is 9.81. The molecule has 2 aromatic carbocycles. The second-order valence-corrected chi connectivity index (χ2v) is 4.24. The zero-order valence-electron chi connectivity index (χ0n) is 11.3. The van der Waals surface area contributed by atoms with Crippen molar-refractivity contribution >= 4 is 17.8 Å². The molecule has 0 atom stereocenters. The zero-order chi connectivity index (χ0) is 14.2. The van der Waals surface area contributed by atoms with Gasteiger partial charge in [0.1, 0.15) is 0 Å². The van der Waals surface area contributed by atoms with Gasteiger partial charge in [0.25, 0.3) is 5.91 Å². The summed E-state index contributed by atoms with van der Waals surface area (Å²) in [5, 5.41) is 6.95. The first-order valence-electron chi connectivity index (χ1n) is 6.44. The van der Waals surface area contributed by atoms with E-state index in [9.17, 15) is 4.79 Å². The molecule has 0 spiro atoms. The van der Waals surface area contributed by atoms with Gasteiger partial charge in [-0.1, -0.05) is 42.5 Å². The Morgan fingerprint density at radius 2 is 1.80 bits per heavy atom. The molecule has 0 aliphatic heterocycles. The number of rotatable bonds is 5. The van der Waals surface area contributed by atoms with Crippen molar-refractivity contribution in [3.8, 4) is 0 Å². The fourth-order valence-electron chi connectivity index (χ4n) is 1.83. The Labute approximate surface area is 118 Å². The van der Waals surface area contributed by atoms with Gasteiger partial charge in [-0.15, -0.1) is 0 Å². The average Bonchev–Trinajstić information content (AvgIpc) is 2.52.